The third kappa shape index (κ3) is 3.97. The van der Waals surface area contributed by atoms with Gasteiger partial charge in [0, 0.05) is 0 Å². The maximum absolute atomic E-state index is 13.8. The zero-order valence-corrected chi connectivity index (χ0v) is 11.1. The van der Waals surface area contributed by atoms with Crippen LogP contribution in [0.1, 0.15) is 24.2 Å². The van der Waals surface area contributed by atoms with Gasteiger partial charge in [0.15, 0.2) is 5.82 Å². The van der Waals surface area contributed by atoms with Gasteiger partial charge in [-0.2, -0.15) is 0 Å². The molecule has 0 saturated carbocycles. The highest BCUT2D eigenvalue weighted by molar-refractivity contribution is 7.89. The highest BCUT2D eigenvalue weighted by Crippen LogP contribution is 2.20. The van der Waals surface area contributed by atoms with E-state index in [2.05, 4.69) is 0 Å². The first kappa shape index (κ1) is 15.5. The van der Waals surface area contributed by atoms with Gasteiger partial charge in [-0.1, -0.05) is 13.8 Å². The summed E-state index contributed by atoms with van der Waals surface area (Å²) in [5.74, 6) is -3.66. The minimum Gasteiger partial charge on any atom is -0.462 e. The number of carbonyl (C=O) groups is 1. The highest BCUT2D eigenvalue weighted by atomic mass is 32.2. The summed E-state index contributed by atoms with van der Waals surface area (Å²) in [6.07, 6.45) is 0. The second-order valence-corrected chi connectivity index (χ2v) is 5.83. The molecule has 0 fully saturated rings. The summed E-state index contributed by atoms with van der Waals surface area (Å²) in [5, 5.41) is 4.73. The van der Waals surface area contributed by atoms with Crippen molar-refractivity contribution >= 4 is 16.0 Å². The van der Waals surface area contributed by atoms with Crippen LogP contribution in [0.2, 0.25) is 0 Å². The average Bonchev–Trinajstić information content (AvgIpc) is 2.27. The van der Waals surface area contributed by atoms with Gasteiger partial charge in [-0.05, 0) is 18.1 Å². The first-order chi connectivity index (χ1) is 8.62. The highest BCUT2D eigenvalue weighted by Gasteiger charge is 2.24. The molecule has 1 aromatic carbocycles. The van der Waals surface area contributed by atoms with Gasteiger partial charge in [-0.25, -0.2) is 27.1 Å². The number of rotatable bonds is 4. The lowest BCUT2D eigenvalue weighted by molar-refractivity contribution is 0.0452. The molecular formula is C11H13F2NO4S. The average molecular weight is 293 g/mol. The van der Waals surface area contributed by atoms with Gasteiger partial charge < -0.3 is 4.74 Å². The van der Waals surface area contributed by atoms with Crippen molar-refractivity contribution in [1.82, 2.24) is 0 Å². The molecule has 1 rings (SSSR count). The van der Waals surface area contributed by atoms with E-state index in [0.717, 1.165) is 0 Å². The SMILES string of the molecule is CC(C)COC(=O)c1cc(F)cc(S(N)(=O)=O)c1F. The third-order valence-electron chi connectivity index (χ3n) is 2.08. The van der Waals surface area contributed by atoms with Crippen molar-refractivity contribution in [3.8, 4) is 0 Å². The van der Waals surface area contributed by atoms with Gasteiger partial charge >= 0.3 is 5.97 Å². The normalized spacial score (nSPS) is 11.7. The fourth-order valence-electron chi connectivity index (χ4n) is 1.24. The van der Waals surface area contributed by atoms with Crippen molar-refractivity contribution < 1.29 is 26.7 Å². The molecule has 106 valence electrons. The van der Waals surface area contributed by atoms with E-state index in [0.29, 0.717) is 12.1 Å². The van der Waals surface area contributed by atoms with Crippen molar-refractivity contribution in [2.75, 3.05) is 6.61 Å². The Morgan fingerprint density at radius 2 is 1.95 bits per heavy atom. The minimum atomic E-state index is -4.47. The third-order valence-corrected chi connectivity index (χ3v) is 2.99. The second-order valence-electron chi connectivity index (χ2n) is 4.30. The molecule has 0 aliphatic carbocycles. The van der Waals surface area contributed by atoms with E-state index in [9.17, 15) is 22.0 Å². The predicted molar refractivity (Wildman–Crippen MR) is 62.9 cm³/mol. The zero-order valence-electron chi connectivity index (χ0n) is 10.3. The summed E-state index contributed by atoms with van der Waals surface area (Å²) in [7, 11) is -4.47. The van der Waals surface area contributed by atoms with Crippen LogP contribution in [-0.2, 0) is 14.8 Å². The second kappa shape index (κ2) is 5.62. The zero-order chi connectivity index (χ0) is 14.8. The van der Waals surface area contributed by atoms with E-state index in [-0.39, 0.29) is 12.5 Å². The maximum Gasteiger partial charge on any atom is 0.341 e. The van der Waals surface area contributed by atoms with E-state index >= 15 is 0 Å². The quantitative estimate of drug-likeness (QED) is 0.851. The van der Waals surface area contributed by atoms with Gasteiger partial charge in [0.25, 0.3) is 0 Å². The van der Waals surface area contributed by atoms with Crippen molar-refractivity contribution in [3.05, 3.63) is 29.3 Å². The van der Waals surface area contributed by atoms with Crippen LogP contribution < -0.4 is 5.14 Å². The fourth-order valence-corrected chi connectivity index (χ4v) is 1.88. The Morgan fingerprint density at radius 3 is 2.42 bits per heavy atom. The molecule has 5 nitrogen and oxygen atoms in total. The number of hydrogen-bond acceptors (Lipinski definition) is 4. The molecule has 0 aliphatic rings. The van der Waals surface area contributed by atoms with Crippen molar-refractivity contribution in [3.63, 3.8) is 0 Å². The van der Waals surface area contributed by atoms with Crippen LogP contribution in [0.3, 0.4) is 0 Å². The molecular weight excluding hydrogens is 280 g/mol. The molecule has 0 amide bonds. The number of benzene rings is 1. The van der Waals surface area contributed by atoms with Crippen LogP contribution in [0.15, 0.2) is 17.0 Å². The van der Waals surface area contributed by atoms with E-state index < -0.39 is 38.1 Å². The molecule has 2 N–H and O–H groups in total. The number of hydrogen-bond donors (Lipinski definition) is 1. The Morgan fingerprint density at radius 1 is 1.37 bits per heavy atom. The van der Waals surface area contributed by atoms with E-state index in [4.69, 9.17) is 9.88 Å². The smallest absolute Gasteiger partial charge is 0.341 e. The van der Waals surface area contributed by atoms with Crippen molar-refractivity contribution in [1.29, 1.82) is 0 Å². The van der Waals surface area contributed by atoms with Crippen LogP contribution in [-0.4, -0.2) is 21.0 Å². The van der Waals surface area contributed by atoms with Crippen LogP contribution >= 0.6 is 0 Å². The molecule has 0 spiro atoms. The number of halogens is 2. The molecule has 0 atom stereocenters. The van der Waals surface area contributed by atoms with Crippen LogP contribution in [0, 0.1) is 17.6 Å². The van der Waals surface area contributed by atoms with E-state index in [1.54, 1.807) is 13.8 Å². The predicted octanol–water partition coefficient (Wildman–Crippen LogP) is 1.43. The van der Waals surface area contributed by atoms with E-state index in [1.807, 2.05) is 0 Å². The lowest BCUT2D eigenvalue weighted by atomic mass is 10.2. The minimum absolute atomic E-state index is 0.000501. The Hall–Kier alpha value is -1.54. The molecule has 0 unspecified atom stereocenters. The molecule has 0 aromatic heterocycles. The van der Waals surface area contributed by atoms with Gasteiger partial charge in [-0.3, -0.25) is 0 Å². The molecule has 1 aromatic rings. The lowest BCUT2D eigenvalue weighted by Gasteiger charge is -2.09. The number of ether oxygens (including phenoxy) is 1. The topological polar surface area (TPSA) is 86.5 Å². The number of sulfonamides is 1. The Bertz CT molecular complexity index is 599. The Balaban J connectivity index is 3.22. The van der Waals surface area contributed by atoms with Crippen LogP contribution in [0.25, 0.3) is 0 Å². The van der Waals surface area contributed by atoms with Gasteiger partial charge in [0.05, 0.1) is 12.2 Å². The summed E-state index contributed by atoms with van der Waals surface area (Å²) >= 11 is 0. The van der Waals surface area contributed by atoms with Gasteiger partial charge in [-0.15, -0.1) is 0 Å². The first-order valence-electron chi connectivity index (χ1n) is 5.32. The molecule has 0 bridgehead atoms. The molecule has 0 aliphatic heterocycles. The molecule has 0 heterocycles. The van der Waals surface area contributed by atoms with Gasteiger partial charge in [0.1, 0.15) is 10.7 Å². The molecule has 0 saturated heterocycles. The fraction of sp³-hybridized carbons (Fsp3) is 0.364. The van der Waals surface area contributed by atoms with Crippen LogP contribution in [0.5, 0.6) is 0 Å². The molecule has 8 heteroatoms. The number of nitrogens with two attached hydrogens (primary N) is 1. The standard InChI is InChI=1S/C11H13F2NO4S/c1-6(2)5-18-11(15)8-3-7(12)4-9(10(8)13)19(14,16)17/h3-4,6H,5H2,1-2H3,(H2,14,16,17). The summed E-state index contributed by atoms with van der Waals surface area (Å²) in [6.45, 7) is 3.51. The van der Waals surface area contributed by atoms with Crippen molar-refractivity contribution in [2.45, 2.75) is 18.7 Å². The van der Waals surface area contributed by atoms with E-state index in [1.165, 1.54) is 0 Å². The number of esters is 1. The van der Waals surface area contributed by atoms with Crippen molar-refractivity contribution in [2.24, 2.45) is 11.1 Å². The first-order valence-corrected chi connectivity index (χ1v) is 6.86. The summed E-state index contributed by atoms with van der Waals surface area (Å²) < 4.78 is 53.8. The summed E-state index contributed by atoms with van der Waals surface area (Å²) in [4.78, 5) is 10.5. The maximum atomic E-state index is 13.8. The number of primary sulfonamides is 1. The monoisotopic (exact) mass is 293 g/mol. The largest absolute Gasteiger partial charge is 0.462 e. The van der Waals surface area contributed by atoms with Crippen LogP contribution in [0.4, 0.5) is 8.78 Å². The molecule has 0 radical (unpaired) electrons. The Labute approximate surface area is 109 Å². The van der Waals surface area contributed by atoms with Gasteiger partial charge in [0.2, 0.25) is 10.0 Å². The lowest BCUT2D eigenvalue weighted by Crippen LogP contribution is -2.18. The molecule has 19 heavy (non-hydrogen) atoms. The number of carbonyl (C=O) groups excluding carboxylic acids is 1. The summed E-state index contributed by atoms with van der Waals surface area (Å²) in [6, 6.07) is 0.969. The summed E-state index contributed by atoms with van der Waals surface area (Å²) in [5.41, 5.74) is -0.801. The Kier molecular flexibility index (Phi) is 4.59.